The number of nitrogens with one attached hydrogen (secondary N) is 1. The van der Waals surface area contributed by atoms with Gasteiger partial charge in [0, 0.05) is 6.04 Å². The first-order valence-electron chi connectivity index (χ1n) is 5.57. The van der Waals surface area contributed by atoms with E-state index in [9.17, 15) is 0 Å². The molecule has 1 aromatic carbocycles. The summed E-state index contributed by atoms with van der Waals surface area (Å²) in [6.45, 7) is 4.17. The molecule has 2 nitrogen and oxygen atoms in total. The van der Waals surface area contributed by atoms with Crippen molar-refractivity contribution in [2.24, 2.45) is 0 Å². The Morgan fingerprint density at radius 1 is 1.31 bits per heavy atom. The maximum Gasteiger partial charge on any atom is 0.124 e. The first kappa shape index (κ1) is 13.4. The summed E-state index contributed by atoms with van der Waals surface area (Å²) in [5, 5.41) is 3.32. The fourth-order valence-electron chi connectivity index (χ4n) is 2.11. The molecule has 1 N–H and O–H groups in total. The van der Waals surface area contributed by atoms with Crippen LogP contribution in [0.3, 0.4) is 0 Å². The second kappa shape index (κ2) is 6.16. The summed E-state index contributed by atoms with van der Waals surface area (Å²) in [7, 11) is 3.71. The first-order valence-corrected chi connectivity index (χ1v) is 6.20. The molecule has 0 heterocycles. The van der Waals surface area contributed by atoms with Gasteiger partial charge in [0.2, 0.25) is 0 Å². The number of ether oxygens (including phenoxy) is 1. The number of hydrogen-bond acceptors (Lipinski definition) is 3. The molecular formula is C13H21NOS. The van der Waals surface area contributed by atoms with Crippen LogP contribution in [0.15, 0.2) is 12.1 Å². The van der Waals surface area contributed by atoms with Gasteiger partial charge in [0.1, 0.15) is 5.75 Å². The normalized spacial score (nSPS) is 12.6. The standard InChI is InChI=1S/C13H21NOS/c1-9-7-11(12(14-3)5-6-16)8-10(2)13(9)15-4/h7-8,12,14,16H,5-6H2,1-4H3. The summed E-state index contributed by atoms with van der Waals surface area (Å²) in [5.41, 5.74) is 3.70. The first-order chi connectivity index (χ1) is 7.63. The Labute approximate surface area is 104 Å². The van der Waals surface area contributed by atoms with Crippen LogP contribution in [0.4, 0.5) is 0 Å². The molecule has 0 aliphatic carbocycles. The van der Waals surface area contributed by atoms with E-state index in [4.69, 9.17) is 4.74 Å². The fourth-order valence-corrected chi connectivity index (χ4v) is 2.37. The molecule has 0 aromatic heterocycles. The van der Waals surface area contributed by atoms with Crippen molar-refractivity contribution in [2.45, 2.75) is 26.3 Å². The largest absolute Gasteiger partial charge is 0.496 e. The van der Waals surface area contributed by atoms with E-state index in [1.165, 1.54) is 16.7 Å². The molecule has 0 saturated carbocycles. The van der Waals surface area contributed by atoms with Crippen molar-refractivity contribution < 1.29 is 4.74 Å². The number of rotatable bonds is 5. The maximum atomic E-state index is 5.37. The Hall–Kier alpha value is -0.670. The molecule has 0 aliphatic rings. The zero-order chi connectivity index (χ0) is 12.1. The molecule has 16 heavy (non-hydrogen) atoms. The molecule has 1 atom stereocenters. The van der Waals surface area contributed by atoms with Crippen LogP contribution < -0.4 is 10.1 Å². The highest BCUT2D eigenvalue weighted by Gasteiger charge is 2.12. The van der Waals surface area contributed by atoms with E-state index in [2.05, 4.69) is 43.9 Å². The van der Waals surface area contributed by atoms with Crippen LogP contribution in [-0.4, -0.2) is 19.9 Å². The van der Waals surface area contributed by atoms with Crippen LogP contribution >= 0.6 is 12.6 Å². The third-order valence-electron chi connectivity index (χ3n) is 2.86. The van der Waals surface area contributed by atoms with E-state index in [1.807, 2.05) is 7.05 Å². The summed E-state index contributed by atoms with van der Waals surface area (Å²) in [5.74, 6) is 1.87. The van der Waals surface area contributed by atoms with Gasteiger partial charge in [-0.3, -0.25) is 0 Å². The molecule has 0 spiro atoms. The van der Waals surface area contributed by atoms with Crippen LogP contribution in [-0.2, 0) is 0 Å². The zero-order valence-corrected chi connectivity index (χ0v) is 11.4. The second-order valence-electron chi connectivity index (χ2n) is 4.04. The molecule has 0 radical (unpaired) electrons. The van der Waals surface area contributed by atoms with Crippen LogP contribution in [0.1, 0.15) is 29.2 Å². The van der Waals surface area contributed by atoms with E-state index in [1.54, 1.807) is 7.11 Å². The van der Waals surface area contributed by atoms with Gasteiger partial charge in [0.25, 0.3) is 0 Å². The van der Waals surface area contributed by atoms with Crippen molar-refractivity contribution in [3.05, 3.63) is 28.8 Å². The summed E-state index contributed by atoms with van der Waals surface area (Å²) < 4.78 is 5.37. The van der Waals surface area contributed by atoms with E-state index in [0.717, 1.165) is 17.9 Å². The molecule has 1 rings (SSSR count). The minimum Gasteiger partial charge on any atom is -0.496 e. The van der Waals surface area contributed by atoms with Gasteiger partial charge >= 0.3 is 0 Å². The van der Waals surface area contributed by atoms with E-state index in [-0.39, 0.29) is 0 Å². The molecule has 0 fully saturated rings. The topological polar surface area (TPSA) is 21.3 Å². The molecule has 1 aromatic rings. The summed E-state index contributed by atoms with van der Waals surface area (Å²) in [6.07, 6.45) is 1.03. The van der Waals surface area contributed by atoms with Crippen molar-refractivity contribution in [1.82, 2.24) is 5.32 Å². The van der Waals surface area contributed by atoms with Crippen molar-refractivity contribution in [3.8, 4) is 5.75 Å². The summed E-state index contributed by atoms with van der Waals surface area (Å²) in [6, 6.07) is 4.76. The molecule has 0 amide bonds. The van der Waals surface area contributed by atoms with Gasteiger partial charge in [-0.2, -0.15) is 12.6 Å². The molecule has 0 saturated heterocycles. The smallest absolute Gasteiger partial charge is 0.124 e. The Bertz CT molecular complexity index is 329. The average molecular weight is 239 g/mol. The molecule has 0 bridgehead atoms. The number of thiol groups is 1. The second-order valence-corrected chi connectivity index (χ2v) is 4.49. The Kier molecular flexibility index (Phi) is 5.16. The molecule has 1 unspecified atom stereocenters. The van der Waals surface area contributed by atoms with Gasteiger partial charge in [-0.05, 0) is 49.8 Å². The predicted octanol–water partition coefficient (Wildman–Crippen LogP) is 2.89. The highest BCUT2D eigenvalue weighted by Crippen LogP contribution is 2.28. The third kappa shape index (κ3) is 2.92. The van der Waals surface area contributed by atoms with E-state index in [0.29, 0.717) is 6.04 Å². The van der Waals surface area contributed by atoms with Crippen LogP contribution in [0.25, 0.3) is 0 Å². The van der Waals surface area contributed by atoms with Gasteiger partial charge in [-0.1, -0.05) is 12.1 Å². The highest BCUT2D eigenvalue weighted by atomic mass is 32.1. The van der Waals surface area contributed by atoms with Crippen molar-refractivity contribution >= 4 is 12.6 Å². The maximum absolute atomic E-state index is 5.37. The predicted molar refractivity (Wildman–Crippen MR) is 72.7 cm³/mol. The van der Waals surface area contributed by atoms with E-state index < -0.39 is 0 Å². The van der Waals surface area contributed by atoms with Crippen molar-refractivity contribution in [3.63, 3.8) is 0 Å². The van der Waals surface area contributed by atoms with Gasteiger partial charge in [0.05, 0.1) is 7.11 Å². The number of hydrogen-bond donors (Lipinski definition) is 2. The lowest BCUT2D eigenvalue weighted by Crippen LogP contribution is -2.17. The zero-order valence-electron chi connectivity index (χ0n) is 10.5. The van der Waals surface area contributed by atoms with Gasteiger partial charge in [0.15, 0.2) is 0 Å². The quantitative estimate of drug-likeness (QED) is 0.771. The molecule has 90 valence electrons. The minimum atomic E-state index is 0.376. The lowest BCUT2D eigenvalue weighted by molar-refractivity contribution is 0.408. The lowest BCUT2D eigenvalue weighted by atomic mass is 9.99. The summed E-state index contributed by atoms with van der Waals surface area (Å²) >= 11 is 4.29. The number of aryl methyl sites for hydroxylation is 2. The molecule has 3 heteroatoms. The fraction of sp³-hybridized carbons (Fsp3) is 0.538. The van der Waals surface area contributed by atoms with Crippen molar-refractivity contribution in [2.75, 3.05) is 19.9 Å². The van der Waals surface area contributed by atoms with Crippen LogP contribution in [0, 0.1) is 13.8 Å². The Morgan fingerprint density at radius 2 is 1.88 bits per heavy atom. The third-order valence-corrected chi connectivity index (χ3v) is 3.11. The lowest BCUT2D eigenvalue weighted by Gasteiger charge is -2.18. The van der Waals surface area contributed by atoms with E-state index >= 15 is 0 Å². The van der Waals surface area contributed by atoms with Crippen LogP contribution in [0.5, 0.6) is 5.75 Å². The summed E-state index contributed by atoms with van der Waals surface area (Å²) in [4.78, 5) is 0. The average Bonchev–Trinajstić information content (AvgIpc) is 2.25. The van der Waals surface area contributed by atoms with Crippen LogP contribution in [0.2, 0.25) is 0 Å². The number of benzene rings is 1. The molecule has 0 aliphatic heterocycles. The SMILES string of the molecule is CNC(CCS)c1cc(C)c(OC)c(C)c1. The Morgan fingerprint density at radius 3 is 2.25 bits per heavy atom. The Balaban J connectivity index is 3.06. The minimum absolute atomic E-state index is 0.376. The van der Waals surface area contributed by atoms with Crippen molar-refractivity contribution in [1.29, 1.82) is 0 Å². The highest BCUT2D eigenvalue weighted by molar-refractivity contribution is 7.80. The number of methoxy groups -OCH3 is 1. The van der Waals surface area contributed by atoms with Gasteiger partial charge < -0.3 is 10.1 Å². The monoisotopic (exact) mass is 239 g/mol. The van der Waals surface area contributed by atoms with Gasteiger partial charge in [-0.15, -0.1) is 0 Å². The molecular weight excluding hydrogens is 218 g/mol. The van der Waals surface area contributed by atoms with Gasteiger partial charge in [-0.25, -0.2) is 0 Å².